The molecular weight excluding hydrogens is 309 g/mol. The Hall–Kier alpha value is -2.31. The zero-order valence-corrected chi connectivity index (χ0v) is 12.2. The second-order valence-electron chi connectivity index (χ2n) is 6.28. The number of amides is 3. The lowest BCUT2D eigenvalue weighted by atomic mass is 9.87. The van der Waals surface area contributed by atoms with Crippen LogP contribution in [0.2, 0.25) is 0 Å². The molecule has 1 aromatic carbocycles. The van der Waals surface area contributed by atoms with E-state index in [0.717, 1.165) is 17.0 Å². The van der Waals surface area contributed by atoms with Crippen LogP contribution in [0.5, 0.6) is 0 Å². The Balaban J connectivity index is 1.78. The minimum atomic E-state index is -4.53. The van der Waals surface area contributed by atoms with Gasteiger partial charge in [-0.25, -0.2) is 9.69 Å². The van der Waals surface area contributed by atoms with Crippen molar-refractivity contribution in [2.75, 3.05) is 4.90 Å². The minimum absolute atomic E-state index is 0.0372. The Morgan fingerprint density at radius 2 is 1.96 bits per heavy atom. The van der Waals surface area contributed by atoms with Gasteiger partial charge in [0.1, 0.15) is 5.54 Å². The van der Waals surface area contributed by atoms with E-state index in [1.807, 2.05) is 12.2 Å². The van der Waals surface area contributed by atoms with Crippen LogP contribution in [0.3, 0.4) is 0 Å². The van der Waals surface area contributed by atoms with Crippen molar-refractivity contribution in [2.24, 2.45) is 5.92 Å². The highest BCUT2D eigenvalue weighted by Gasteiger charge is 2.65. The summed E-state index contributed by atoms with van der Waals surface area (Å²) in [6.45, 7) is 1.69. The van der Waals surface area contributed by atoms with E-state index >= 15 is 0 Å². The second kappa shape index (κ2) is 4.15. The Morgan fingerprint density at radius 1 is 1.22 bits per heavy atom. The standard InChI is InChI=1S/C16H13F3N2O2/c1-15-9-5-6-12(7-9)21(15)14(23)20(13(15)22)11-4-2-3-10(8-11)16(17,18)19/h2-6,8-9,12H,7H2,1H3/t9-,12+,15-/m1/s1. The van der Waals surface area contributed by atoms with Crippen molar-refractivity contribution < 1.29 is 22.8 Å². The van der Waals surface area contributed by atoms with Crippen LogP contribution in [0.15, 0.2) is 36.4 Å². The smallest absolute Gasteiger partial charge is 0.302 e. The molecule has 2 bridgehead atoms. The SMILES string of the molecule is C[C@@]12C(=O)N(c3cccc(C(F)(F)F)c3)C(=O)N1[C@H]1C=C[C@@H]2C1. The Morgan fingerprint density at radius 3 is 2.61 bits per heavy atom. The number of rotatable bonds is 1. The van der Waals surface area contributed by atoms with Crippen molar-refractivity contribution in [2.45, 2.75) is 31.1 Å². The van der Waals surface area contributed by atoms with Crippen LogP contribution in [0.25, 0.3) is 0 Å². The Kier molecular flexibility index (Phi) is 2.58. The fourth-order valence-corrected chi connectivity index (χ4v) is 3.88. The van der Waals surface area contributed by atoms with Crippen molar-refractivity contribution in [1.82, 2.24) is 4.90 Å². The molecule has 23 heavy (non-hydrogen) atoms. The number of hydrogen-bond donors (Lipinski definition) is 0. The van der Waals surface area contributed by atoms with Crippen molar-refractivity contribution in [3.05, 3.63) is 42.0 Å². The van der Waals surface area contributed by atoms with Gasteiger partial charge in [-0.05, 0) is 31.5 Å². The molecular formula is C16H13F3N2O2. The van der Waals surface area contributed by atoms with Crippen molar-refractivity contribution in [1.29, 1.82) is 0 Å². The molecule has 2 aliphatic heterocycles. The van der Waals surface area contributed by atoms with E-state index in [-0.39, 0.29) is 17.6 Å². The molecule has 4 rings (SSSR count). The number of imide groups is 1. The van der Waals surface area contributed by atoms with Crippen LogP contribution < -0.4 is 4.90 Å². The Labute approximate surface area is 130 Å². The number of urea groups is 1. The van der Waals surface area contributed by atoms with Crippen molar-refractivity contribution in [3.8, 4) is 0 Å². The lowest BCUT2D eigenvalue weighted by Crippen LogP contribution is -2.49. The van der Waals surface area contributed by atoms with Gasteiger partial charge in [0.25, 0.3) is 5.91 Å². The maximum absolute atomic E-state index is 12.9. The van der Waals surface area contributed by atoms with E-state index < -0.39 is 29.2 Å². The van der Waals surface area contributed by atoms with Gasteiger partial charge in [0.2, 0.25) is 0 Å². The summed E-state index contributed by atoms with van der Waals surface area (Å²) in [6, 6.07) is 3.62. The summed E-state index contributed by atoms with van der Waals surface area (Å²) in [5.74, 6) is -0.543. The summed E-state index contributed by atoms with van der Waals surface area (Å²) in [5.41, 5.74) is -1.91. The van der Waals surface area contributed by atoms with E-state index in [1.54, 1.807) is 6.92 Å². The van der Waals surface area contributed by atoms with Gasteiger partial charge in [-0.3, -0.25) is 4.79 Å². The van der Waals surface area contributed by atoms with Gasteiger partial charge in [0, 0.05) is 5.92 Å². The van der Waals surface area contributed by atoms with Crippen LogP contribution in [-0.2, 0) is 11.0 Å². The molecule has 2 saturated heterocycles. The third-order valence-electron chi connectivity index (χ3n) is 5.08. The number of fused-ring (bicyclic) bond motifs is 5. The molecule has 0 unspecified atom stereocenters. The summed E-state index contributed by atoms with van der Waals surface area (Å²) in [6.07, 6.45) is -0.0257. The maximum Gasteiger partial charge on any atom is 0.416 e. The maximum atomic E-state index is 12.9. The topological polar surface area (TPSA) is 40.6 Å². The molecule has 3 amide bonds. The van der Waals surface area contributed by atoms with Gasteiger partial charge in [-0.15, -0.1) is 0 Å². The fourth-order valence-electron chi connectivity index (χ4n) is 3.88. The number of benzene rings is 1. The number of hydrogen-bond acceptors (Lipinski definition) is 2. The summed E-state index contributed by atoms with van der Waals surface area (Å²) in [4.78, 5) is 27.9. The van der Waals surface area contributed by atoms with E-state index in [4.69, 9.17) is 0 Å². The molecule has 3 aliphatic rings. The zero-order valence-electron chi connectivity index (χ0n) is 12.2. The first-order chi connectivity index (χ1) is 10.7. The number of halogens is 3. The van der Waals surface area contributed by atoms with Crippen LogP contribution in [0.1, 0.15) is 18.9 Å². The van der Waals surface area contributed by atoms with Gasteiger partial charge in [0.15, 0.2) is 0 Å². The van der Waals surface area contributed by atoms with Gasteiger partial charge >= 0.3 is 12.2 Å². The van der Waals surface area contributed by atoms with E-state index in [9.17, 15) is 22.8 Å². The normalized spacial score (nSPS) is 32.2. The average Bonchev–Trinajstić information content (AvgIpc) is 3.11. The molecule has 0 N–H and O–H groups in total. The first kappa shape index (κ1) is 14.3. The molecule has 3 atom stereocenters. The van der Waals surface area contributed by atoms with E-state index in [0.29, 0.717) is 6.42 Å². The highest BCUT2D eigenvalue weighted by Crippen LogP contribution is 2.50. The van der Waals surface area contributed by atoms with Gasteiger partial charge < -0.3 is 4.90 Å². The number of carbonyl (C=O) groups is 2. The zero-order chi connectivity index (χ0) is 16.6. The fraction of sp³-hybridized carbons (Fsp3) is 0.375. The number of alkyl halides is 3. The van der Waals surface area contributed by atoms with Crippen LogP contribution in [0.4, 0.5) is 23.7 Å². The quantitative estimate of drug-likeness (QED) is 0.588. The summed E-state index contributed by atoms with van der Waals surface area (Å²) >= 11 is 0. The summed E-state index contributed by atoms with van der Waals surface area (Å²) < 4.78 is 38.6. The minimum Gasteiger partial charge on any atom is -0.302 e. The number of nitrogens with zero attached hydrogens (tertiary/aromatic N) is 2. The van der Waals surface area contributed by atoms with Crippen LogP contribution in [0, 0.1) is 5.92 Å². The predicted molar refractivity (Wildman–Crippen MR) is 75.6 cm³/mol. The molecule has 1 aliphatic carbocycles. The van der Waals surface area contributed by atoms with E-state index in [2.05, 4.69) is 0 Å². The highest BCUT2D eigenvalue weighted by molar-refractivity contribution is 6.24. The largest absolute Gasteiger partial charge is 0.416 e. The third kappa shape index (κ3) is 1.67. The number of anilines is 1. The molecule has 1 aromatic rings. The molecule has 7 heteroatoms. The van der Waals surface area contributed by atoms with Crippen molar-refractivity contribution >= 4 is 17.6 Å². The molecule has 4 nitrogen and oxygen atoms in total. The highest BCUT2D eigenvalue weighted by atomic mass is 19.4. The third-order valence-corrected chi connectivity index (χ3v) is 5.08. The molecule has 2 heterocycles. The summed E-state index contributed by atoms with van der Waals surface area (Å²) in [5, 5.41) is 0. The first-order valence-corrected chi connectivity index (χ1v) is 7.28. The van der Waals surface area contributed by atoms with Crippen LogP contribution in [-0.4, -0.2) is 28.4 Å². The molecule has 0 saturated carbocycles. The lowest BCUT2D eigenvalue weighted by molar-refractivity contribution is -0.137. The molecule has 0 radical (unpaired) electrons. The number of carbonyl (C=O) groups excluding carboxylic acids is 2. The molecule has 0 spiro atoms. The van der Waals surface area contributed by atoms with Gasteiger partial charge in [0.05, 0.1) is 17.3 Å². The van der Waals surface area contributed by atoms with Crippen molar-refractivity contribution in [3.63, 3.8) is 0 Å². The van der Waals surface area contributed by atoms with Gasteiger partial charge in [-0.1, -0.05) is 18.2 Å². The molecule has 120 valence electrons. The van der Waals surface area contributed by atoms with Gasteiger partial charge in [-0.2, -0.15) is 13.2 Å². The predicted octanol–water partition coefficient (Wildman–Crippen LogP) is 3.19. The Bertz CT molecular complexity index is 758. The summed E-state index contributed by atoms with van der Waals surface area (Å²) in [7, 11) is 0. The van der Waals surface area contributed by atoms with E-state index in [1.165, 1.54) is 17.0 Å². The lowest BCUT2D eigenvalue weighted by Gasteiger charge is -2.32. The molecule has 2 fully saturated rings. The second-order valence-corrected chi connectivity index (χ2v) is 6.28. The average molecular weight is 322 g/mol. The van der Waals surface area contributed by atoms with Crippen LogP contribution >= 0.6 is 0 Å². The molecule has 0 aromatic heterocycles. The first-order valence-electron chi connectivity index (χ1n) is 7.28. The monoisotopic (exact) mass is 322 g/mol.